The summed E-state index contributed by atoms with van der Waals surface area (Å²) >= 11 is 3.49. The molecule has 0 aliphatic rings. The van der Waals surface area contributed by atoms with Crippen molar-refractivity contribution in [1.29, 1.82) is 0 Å². The second-order valence-corrected chi connectivity index (χ2v) is 5.56. The summed E-state index contributed by atoms with van der Waals surface area (Å²) in [4.78, 5) is 6.62. The number of halogens is 1. The molecule has 0 fully saturated rings. The number of hydrogen-bond donors (Lipinski definition) is 1. The van der Waals surface area contributed by atoms with Crippen LogP contribution in [0.5, 0.6) is 5.75 Å². The van der Waals surface area contributed by atoms with Crippen LogP contribution in [0, 0.1) is 0 Å². The quantitative estimate of drug-likeness (QED) is 0.862. The molecule has 112 valence electrons. The Labute approximate surface area is 134 Å². The molecule has 0 aliphatic carbocycles. The number of hydrogen-bond acceptors (Lipinski definition) is 4. The predicted molar refractivity (Wildman–Crippen MR) is 90.4 cm³/mol. The van der Waals surface area contributed by atoms with Crippen LogP contribution in [0.2, 0.25) is 0 Å². The lowest BCUT2D eigenvalue weighted by Crippen LogP contribution is -2.18. The minimum atomic E-state index is 0.776. The van der Waals surface area contributed by atoms with Crippen molar-refractivity contribution in [2.75, 3.05) is 25.6 Å². The van der Waals surface area contributed by atoms with E-state index in [1.807, 2.05) is 37.5 Å². The number of pyridine rings is 1. The van der Waals surface area contributed by atoms with Gasteiger partial charge in [0.15, 0.2) is 0 Å². The topological polar surface area (TPSA) is 37.4 Å². The second-order valence-electron chi connectivity index (χ2n) is 4.65. The zero-order chi connectivity index (χ0) is 15.2. The van der Waals surface area contributed by atoms with Crippen molar-refractivity contribution in [3.05, 3.63) is 46.6 Å². The van der Waals surface area contributed by atoms with E-state index in [-0.39, 0.29) is 0 Å². The van der Waals surface area contributed by atoms with Crippen LogP contribution in [-0.2, 0) is 6.54 Å². The van der Waals surface area contributed by atoms with Crippen LogP contribution in [0.1, 0.15) is 12.5 Å². The first-order chi connectivity index (χ1) is 10.2. The smallest absolute Gasteiger partial charge is 0.142 e. The predicted octanol–water partition coefficient (Wildman–Crippen LogP) is 3.73. The van der Waals surface area contributed by atoms with Gasteiger partial charge in [0, 0.05) is 29.8 Å². The molecule has 0 bridgehead atoms. The molecular weight excluding hydrogens is 330 g/mol. The van der Waals surface area contributed by atoms with Gasteiger partial charge in [-0.2, -0.15) is 0 Å². The number of ether oxygens (including phenoxy) is 1. The van der Waals surface area contributed by atoms with Crippen LogP contribution in [0.4, 0.5) is 11.5 Å². The third-order valence-corrected chi connectivity index (χ3v) is 3.67. The third kappa shape index (κ3) is 3.74. The lowest BCUT2D eigenvalue weighted by Gasteiger charge is -2.23. The Bertz CT molecular complexity index is 604. The fourth-order valence-electron chi connectivity index (χ4n) is 2.19. The van der Waals surface area contributed by atoms with Crippen molar-refractivity contribution < 1.29 is 4.74 Å². The Morgan fingerprint density at radius 1 is 1.33 bits per heavy atom. The van der Waals surface area contributed by atoms with Gasteiger partial charge in [-0.15, -0.1) is 0 Å². The Kier molecular flexibility index (Phi) is 5.59. The first-order valence-corrected chi connectivity index (χ1v) is 7.68. The molecule has 1 aromatic heterocycles. The van der Waals surface area contributed by atoms with E-state index in [0.29, 0.717) is 0 Å². The van der Waals surface area contributed by atoms with Gasteiger partial charge in [-0.3, -0.25) is 0 Å². The van der Waals surface area contributed by atoms with Crippen LogP contribution in [-0.4, -0.2) is 25.7 Å². The highest BCUT2D eigenvalue weighted by Gasteiger charge is 2.14. The highest BCUT2D eigenvalue weighted by atomic mass is 79.9. The Morgan fingerprint density at radius 2 is 2.10 bits per heavy atom. The van der Waals surface area contributed by atoms with E-state index in [0.717, 1.165) is 40.4 Å². The molecular formula is C16H20BrN3O. The van der Waals surface area contributed by atoms with Gasteiger partial charge in [-0.1, -0.05) is 19.1 Å². The standard InChI is InChI=1S/C16H20BrN3O/c1-4-18-10-12-9-13(17)11-19-16(12)20(2)14-7-5-6-8-15(14)21-3/h5-9,11,18H,4,10H2,1-3H3. The third-order valence-electron chi connectivity index (χ3n) is 3.24. The molecule has 0 saturated carbocycles. The molecule has 4 nitrogen and oxygen atoms in total. The number of anilines is 2. The van der Waals surface area contributed by atoms with Crippen LogP contribution in [0.15, 0.2) is 41.0 Å². The fourth-order valence-corrected chi connectivity index (χ4v) is 2.57. The Balaban J connectivity index is 2.40. The molecule has 2 aromatic rings. The summed E-state index contributed by atoms with van der Waals surface area (Å²) in [6.07, 6.45) is 1.82. The van der Waals surface area contributed by atoms with Gasteiger partial charge < -0.3 is 15.0 Å². The van der Waals surface area contributed by atoms with E-state index in [2.05, 4.69) is 44.1 Å². The van der Waals surface area contributed by atoms with Gasteiger partial charge >= 0.3 is 0 Å². The van der Waals surface area contributed by atoms with Crippen molar-refractivity contribution in [3.63, 3.8) is 0 Å². The van der Waals surface area contributed by atoms with Crippen molar-refractivity contribution >= 4 is 27.4 Å². The zero-order valence-electron chi connectivity index (χ0n) is 12.6. The van der Waals surface area contributed by atoms with E-state index in [1.54, 1.807) is 7.11 Å². The van der Waals surface area contributed by atoms with Gasteiger partial charge in [0.25, 0.3) is 0 Å². The number of methoxy groups -OCH3 is 1. The van der Waals surface area contributed by atoms with E-state index in [9.17, 15) is 0 Å². The first kappa shape index (κ1) is 15.8. The largest absolute Gasteiger partial charge is 0.495 e. The fraction of sp³-hybridized carbons (Fsp3) is 0.312. The summed E-state index contributed by atoms with van der Waals surface area (Å²) in [6, 6.07) is 10.0. The van der Waals surface area contributed by atoms with E-state index in [1.165, 1.54) is 0 Å². The molecule has 2 rings (SSSR count). The lowest BCUT2D eigenvalue weighted by molar-refractivity contribution is 0.415. The molecule has 0 spiro atoms. The molecule has 0 amide bonds. The van der Waals surface area contributed by atoms with E-state index < -0.39 is 0 Å². The average Bonchev–Trinajstić information content (AvgIpc) is 2.52. The molecule has 0 aliphatic heterocycles. The lowest BCUT2D eigenvalue weighted by atomic mass is 10.2. The number of aromatic nitrogens is 1. The van der Waals surface area contributed by atoms with Gasteiger partial charge in [-0.25, -0.2) is 4.98 Å². The van der Waals surface area contributed by atoms with Crippen LogP contribution in [0.25, 0.3) is 0 Å². The first-order valence-electron chi connectivity index (χ1n) is 6.89. The molecule has 5 heteroatoms. The summed E-state index contributed by atoms with van der Waals surface area (Å²) in [5.41, 5.74) is 2.13. The highest BCUT2D eigenvalue weighted by Crippen LogP contribution is 2.33. The van der Waals surface area contributed by atoms with Gasteiger partial charge in [0.05, 0.1) is 12.8 Å². The molecule has 0 atom stereocenters. The Hall–Kier alpha value is -1.59. The Morgan fingerprint density at radius 3 is 2.81 bits per heavy atom. The monoisotopic (exact) mass is 349 g/mol. The summed E-state index contributed by atoms with van der Waals surface area (Å²) in [7, 11) is 3.69. The van der Waals surface area contributed by atoms with Gasteiger partial charge in [0.1, 0.15) is 11.6 Å². The summed E-state index contributed by atoms with van der Waals surface area (Å²) in [5.74, 6) is 1.75. The number of nitrogens with zero attached hydrogens (tertiary/aromatic N) is 2. The molecule has 0 unspecified atom stereocenters. The summed E-state index contributed by atoms with van der Waals surface area (Å²) < 4.78 is 6.42. The van der Waals surface area contributed by atoms with Crippen molar-refractivity contribution in [3.8, 4) is 5.75 Å². The van der Waals surface area contributed by atoms with Crippen LogP contribution >= 0.6 is 15.9 Å². The maximum Gasteiger partial charge on any atom is 0.142 e. The number of rotatable bonds is 6. The minimum Gasteiger partial charge on any atom is -0.495 e. The molecule has 0 saturated heterocycles. The highest BCUT2D eigenvalue weighted by molar-refractivity contribution is 9.10. The maximum atomic E-state index is 5.44. The van der Waals surface area contributed by atoms with Crippen molar-refractivity contribution in [2.24, 2.45) is 0 Å². The van der Waals surface area contributed by atoms with E-state index in [4.69, 9.17) is 4.74 Å². The minimum absolute atomic E-state index is 0.776. The molecule has 1 N–H and O–H groups in total. The number of para-hydroxylation sites is 2. The van der Waals surface area contributed by atoms with Crippen molar-refractivity contribution in [1.82, 2.24) is 10.3 Å². The maximum absolute atomic E-state index is 5.44. The summed E-state index contributed by atoms with van der Waals surface area (Å²) in [5, 5.41) is 3.35. The average molecular weight is 350 g/mol. The van der Waals surface area contributed by atoms with E-state index >= 15 is 0 Å². The molecule has 1 aromatic carbocycles. The van der Waals surface area contributed by atoms with Crippen LogP contribution < -0.4 is 15.0 Å². The van der Waals surface area contributed by atoms with Crippen molar-refractivity contribution in [2.45, 2.75) is 13.5 Å². The zero-order valence-corrected chi connectivity index (χ0v) is 14.1. The van der Waals surface area contributed by atoms with Gasteiger partial charge in [-0.05, 0) is 40.7 Å². The second kappa shape index (κ2) is 7.43. The molecule has 1 heterocycles. The SMILES string of the molecule is CCNCc1cc(Br)cnc1N(C)c1ccccc1OC. The molecule has 21 heavy (non-hydrogen) atoms. The normalized spacial score (nSPS) is 10.5. The van der Waals surface area contributed by atoms with Gasteiger partial charge in [0.2, 0.25) is 0 Å². The summed E-state index contributed by atoms with van der Waals surface area (Å²) in [6.45, 7) is 3.79. The molecule has 0 radical (unpaired) electrons. The number of nitrogens with one attached hydrogen (secondary N) is 1. The van der Waals surface area contributed by atoms with Crippen LogP contribution in [0.3, 0.4) is 0 Å². The number of benzene rings is 1.